The van der Waals surface area contributed by atoms with E-state index in [4.69, 9.17) is 0 Å². The number of piperidine rings is 1. The molecule has 2 N–H and O–H groups in total. The molecule has 1 aromatic rings. The van der Waals surface area contributed by atoms with Crippen molar-refractivity contribution in [2.24, 2.45) is 5.92 Å². The van der Waals surface area contributed by atoms with Gasteiger partial charge in [-0.25, -0.2) is 0 Å². The van der Waals surface area contributed by atoms with Crippen LogP contribution in [0, 0.1) is 9.49 Å². The van der Waals surface area contributed by atoms with Crippen LogP contribution in [0.5, 0.6) is 0 Å². The van der Waals surface area contributed by atoms with E-state index >= 15 is 0 Å². The predicted octanol–water partition coefficient (Wildman–Crippen LogP) is 2.02. The Balaban J connectivity index is 1.98. The normalized spacial score (nSPS) is 24.4. The fourth-order valence-corrected chi connectivity index (χ4v) is 2.44. The van der Waals surface area contributed by atoms with Crippen molar-refractivity contribution in [3.8, 4) is 0 Å². The first-order valence-corrected chi connectivity index (χ1v) is 7.02. The van der Waals surface area contributed by atoms with Gasteiger partial charge in [-0.2, -0.15) is 0 Å². The number of halogens is 1. The molecule has 0 aliphatic carbocycles. The lowest BCUT2D eigenvalue weighted by Crippen LogP contribution is -2.48. The summed E-state index contributed by atoms with van der Waals surface area (Å²) in [5.74, 6) is 0.539. The second-order valence-electron chi connectivity index (χ2n) is 4.56. The topological polar surface area (TPSA) is 41.1 Å². The number of nitrogens with one attached hydrogen (secondary N) is 2. The van der Waals surface area contributed by atoms with Crippen LogP contribution >= 0.6 is 22.6 Å². The van der Waals surface area contributed by atoms with Crippen LogP contribution in [0.4, 0.5) is 0 Å². The molecule has 1 fully saturated rings. The fraction of sp³-hybridized carbons (Fsp3) is 0.462. The Morgan fingerprint density at radius 2 is 2.12 bits per heavy atom. The van der Waals surface area contributed by atoms with Crippen LogP contribution in [0.1, 0.15) is 23.7 Å². The molecule has 1 heterocycles. The molecule has 0 bridgehead atoms. The van der Waals surface area contributed by atoms with Crippen LogP contribution in [0.3, 0.4) is 0 Å². The highest BCUT2D eigenvalue weighted by molar-refractivity contribution is 14.1. The Labute approximate surface area is 116 Å². The largest absolute Gasteiger partial charge is 0.349 e. The minimum absolute atomic E-state index is 0.0418. The highest BCUT2D eigenvalue weighted by Crippen LogP contribution is 2.12. The molecule has 1 amide bonds. The van der Waals surface area contributed by atoms with E-state index in [-0.39, 0.29) is 5.91 Å². The van der Waals surface area contributed by atoms with E-state index in [1.165, 1.54) is 0 Å². The van der Waals surface area contributed by atoms with E-state index in [0.29, 0.717) is 12.0 Å². The van der Waals surface area contributed by atoms with Gasteiger partial charge < -0.3 is 10.6 Å². The van der Waals surface area contributed by atoms with Crippen LogP contribution in [0.15, 0.2) is 24.3 Å². The minimum Gasteiger partial charge on any atom is -0.349 e. The molecule has 2 rings (SSSR count). The SMILES string of the molecule is CC1CNCCC1NC(=O)c1ccc(I)cc1. The summed E-state index contributed by atoms with van der Waals surface area (Å²) < 4.78 is 1.15. The average Bonchev–Trinajstić information content (AvgIpc) is 2.33. The van der Waals surface area contributed by atoms with E-state index in [2.05, 4.69) is 40.1 Å². The van der Waals surface area contributed by atoms with Crippen molar-refractivity contribution in [1.82, 2.24) is 10.6 Å². The number of rotatable bonds is 2. The van der Waals surface area contributed by atoms with Gasteiger partial charge in [-0.15, -0.1) is 0 Å². The van der Waals surface area contributed by atoms with Crippen molar-refractivity contribution in [3.05, 3.63) is 33.4 Å². The zero-order chi connectivity index (χ0) is 12.3. The molecule has 0 saturated carbocycles. The van der Waals surface area contributed by atoms with Crippen molar-refractivity contribution in [3.63, 3.8) is 0 Å². The van der Waals surface area contributed by atoms with Crippen molar-refractivity contribution in [2.45, 2.75) is 19.4 Å². The molecular weight excluding hydrogens is 327 g/mol. The van der Waals surface area contributed by atoms with Gasteiger partial charge in [0.1, 0.15) is 0 Å². The third-order valence-electron chi connectivity index (χ3n) is 3.21. The number of benzene rings is 1. The first kappa shape index (κ1) is 12.8. The van der Waals surface area contributed by atoms with Gasteiger partial charge in [0.2, 0.25) is 0 Å². The quantitative estimate of drug-likeness (QED) is 0.806. The van der Waals surface area contributed by atoms with Gasteiger partial charge in [0.15, 0.2) is 0 Å². The van der Waals surface area contributed by atoms with E-state index in [1.54, 1.807) is 0 Å². The Bertz CT molecular complexity index is 391. The summed E-state index contributed by atoms with van der Waals surface area (Å²) in [7, 11) is 0. The molecule has 0 aromatic heterocycles. The van der Waals surface area contributed by atoms with E-state index in [0.717, 1.165) is 28.6 Å². The lowest BCUT2D eigenvalue weighted by molar-refractivity contribution is 0.0914. The maximum absolute atomic E-state index is 12.0. The molecule has 1 saturated heterocycles. The molecule has 1 aliphatic rings. The van der Waals surface area contributed by atoms with Gasteiger partial charge in [0, 0.05) is 15.2 Å². The van der Waals surface area contributed by atoms with Crippen LogP contribution in [-0.2, 0) is 0 Å². The first-order chi connectivity index (χ1) is 8.16. The Kier molecular flexibility index (Phi) is 4.39. The summed E-state index contributed by atoms with van der Waals surface area (Å²) in [6.45, 7) is 4.14. The molecule has 1 aliphatic heterocycles. The molecule has 17 heavy (non-hydrogen) atoms. The third-order valence-corrected chi connectivity index (χ3v) is 3.93. The fourth-order valence-electron chi connectivity index (χ4n) is 2.08. The van der Waals surface area contributed by atoms with Gasteiger partial charge in [0.05, 0.1) is 0 Å². The number of hydrogen-bond donors (Lipinski definition) is 2. The maximum Gasteiger partial charge on any atom is 0.251 e. The van der Waals surface area contributed by atoms with Crippen LogP contribution in [0.2, 0.25) is 0 Å². The Morgan fingerprint density at radius 3 is 2.76 bits per heavy atom. The molecule has 0 spiro atoms. The highest BCUT2D eigenvalue weighted by atomic mass is 127. The van der Waals surface area contributed by atoms with Crippen molar-refractivity contribution >= 4 is 28.5 Å². The first-order valence-electron chi connectivity index (χ1n) is 5.94. The Morgan fingerprint density at radius 1 is 1.41 bits per heavy atom. The lowest BCUT2D eigenvalue weighted by atomic mass is 9.95. The van der Waals surface area contributed by atoms with Crippen molar-refractivity contribution in [2.75, 3.05) is 13.1 Å². The second-order valence-corrected chi connectivity index (χ2v) is 5.80. The van der Waals surface area contributed by atoms with Crippen molar-refractivity contribution in [1.29, 1.82) is 0 Å². The predicted molar refractivity (Wildman–Crippen MR) is 77.1 cm³/mol. The summed E-state index contributed by atoms with van der Waals surface area (Å²) in [5.41, 5.74) is 0.746. The zero-order valence-electron chi connectivity index (χ0n) is 9.87. The summed E-state index contributed by atoms with van der Waals surface area (Å²) in [4.78, 5) is 12.0. The van der Waals surface area contributed by atoms with E-state index in [1.807, 2.05) is 24.3 Å². The molecule has 0 radical (unpaired) electrons. The third kappa shape index (κ3) is 3.42. The lowest BCUT2D eigenvalue weighted by Gasteiger charge is -2.30. The molecular formula is C13H17IN2O. The summed E-state index contributed by atoms with van der Waals surface area (Å²) in [5, 5.41) is 6.46. The minimum atomic E-state index is 0.0418. The van der Waals surface area contributed by atoms with Gasteiger partial charge in [-0.3, -0.25) is 4.79 Å². The number of carbonyl (C=O) groups is 1. The summed E-state index contributed by atoms with van der Waals surface area (Å²) >= 11 is 2.24. The summed E-state index contributed by atoms with van der Waals surface area (Å²) in [6, 6.07) is 7.97. The van der Waals surface area contributed by atoms with Crippen LogP contribution in [-0.4, -0.2) is 25.0 Å². The van der Waals surface area contributed by atoms with Gasteiger partial charge in [0.25, 0.3) is 5.91 Å². The van der Waals surface area contributed by atoms with Gasteiger partial charge in [-0.05, 0) is 72.3 Å². The molecule has 92 valence electrons. The highest BCUT2D eigenvalue weighted by Gasteiger charge is 2.22. The molecule has 2 atom stereocenters. The maximum atomic E-state index is 12.0. The second kappa shape index (κ2) is 5.82. The molecule has 1 aromatic carbocycles. The monoisotopic (exact) mass is 344 g/mol. The summed E-state index contributed by atoms with van der Waals surface area (Å²) in [6.07, 6.45) is 1.01. The number of hydrogen-bond acceptors (Lipinski definition) is 2. The van der Waals surface area contributed by atoms with Crippen LogP contribution in [0.25, 0.3) is 0 Å². The zero-order valence-corrected chi connectivity index (χ0v) is 12.0. The Hall–Kier alpha value is -0.620. The van der Waals surface area contributed by atoms with Gasteiger partial charge >= 0.3 is 0 Å². The standard InChI is InChI=1S/C13H17IN2O/c1-9-8-15-7-6-12(9)16-13(17)10-2-4-11(14)5-3-10/h2-5,9,12,15H,6-8H2,1H3,(H,16,17). The molecule has 4 heteroatoms. The van der Waals surface area contributed by atoms with Crippen molar-refractivity contribution < 1.29 is 4.79 Å². The molecule has 2 unspecified atom stereocenters. The van der Waals surface area contributed by atoms with Gasteiger partial charge in [-0.1, -0.05) is 6.92 Å². The molecule has 3 nitrogen and oxygen atoms in total. The number of amides is 1. The van der Waals surface area contributed by atoms with E-state index in [9.17, 15) is 4.79 Å². The number of carbonyl (C=O) groups excluding carboxylic acids is 1. The smallest absolute Gasteiger partial charge is 0.251 e. The van der Waals surface area contributed by atoms with E-state index < -0.39 is 0 Å². The van der Waals surface area contributed by atoms with Crippen LogP contribution < -0.4 is 10.6 Å². The average molecular weight is 344 g/mol.